The van der Waals surface area contributed by atoms with E-state index in [1.165, 1.54) is 0 Å². The fourth-order valence-electron chi connectivity index (χ4n) is 0.801. The van der Waals surface area contributed by atoms with E-state index in [2.05, 4.69) is 18.2 Å². The topological polar surface area (TPSA) is 72.8 Å². The molecule has 0 radical (unpaired) electrons. The normalized spacial score (nSPS) is 8.81. The molecule has 0 aliphatic carbocycles. The number of carbonyl (C=O) groups excluding carboxylic acids is 3. The van der Waals surface area contributed by atoms with Gasteiger partial charge in [-0.3, -0.25) is 4.79 Å². The second kappa shape index (κ2) is 7.31. The van der Waals surface area contributed by atoms with Crippen LogP contribution in [0, 0.1) is 0 Å². The van der Waals surface area contributed by atoms with Crippen LogP contribution in [-0.2, 0) is 19.1 Å². The van der Waals surface area contributed by atoms with Crippen LogP contribution in [0.4, 0.5) is 0 Å². The van der Waals surface area contributed by atoms with Gasteiger partial charge < -0.3 is 4.74 Å². The fourth-order valence-corrected chi connectivity index (χ4v) is 0.801. The Hall–Kier alpha value is -2.00. The molecule has 0 bridgehead atoms. The molecular weight excluding hydrogens is 210 g/mol. The highest BCUT2D eigenvalue weighted by Crippen LogP contribution is 2.05. The summed E-state index contributed by atoms with van der Waals surface area (Å²) in [6, 6.07) is 0. The van der Waals surface area contributed by atoms with Gasteiger partial charge >= 0.3 is 5.97 Å². The van der Waals surface area contributed by atoms with Gasteiger partial charge in [-0.05, 0) is 19.8 Å². The van der Waals surface area contributed by atoms with Gasteiger partial charge in [0, 0.05) is 11.1 Å². The average molecular weight is 223 g/mol. The lowest BCUT2D eigenvalue weighted by molar-refractivity contribution is -0.139. The molecule has 0 aromatic heterocycles. The van der Waals surface area contributed by atoms with Crippen molar-refractivity contribution in [3.8, 4) is 0 Å². The van der Waals surface area contributed by atoms with Crippen LogP contribution in [0.15, 0.2) is 29.3 Å². The highest BCUT2D eigenvalue weighted by Gasteiger charge is 2.06. The molecule has 0 N–H and O–H groups in total. The van der Waals surface area contributed by atoms with E-state index in [0.29, 0.717) is 18.4 Å². The molecule has 0 heterocycles. The summed E-state index contributed by atoms with van der Waals surface area (Å²) in [5, 5.41) is 0. The first-order valence-corrected chi connectivity index (χ1v) is 4.61. The van der Waals surface area contributed by atoms with Gasteiger partial charge in [0.2, 0.25) is 6.08 Å². The van der Waals surface area contributed by atoms with E-state index in [4.69, 9.17) is 4.74 Å². The average Bonchev–Trinajstić information content (AvgIpc) is 2.23. The highest BCUT2D eigenvalue weighted by atomic mass is 16.5. The summed E-state index contributed by atoms with van der Waals surface area (Å²) in [6.07, 6.45) is 1.90. The molecule has 5 nitrogen and oxygen atoms in total. The SMILES string of the molecule is C=C(C)C(=O)OCCCC(=C)C(=O)N=C=O. The molecule has 0 rings (SSSR count). The quantitative estimate of drug-likeness (QED) is 0.224. The van der Waals surface area contributed by atoms with Gasteiger partial charge in [0.1, 0.15) is 0 Å². The van der Waals surface area contributed by atoms with Crippen LogP contribution >= 0.6 is 0 Å². The van der Waals surface area contributed by atoms with Crippen molar-refractivity contribution in [1.82, 2.24) is 0 Å². The number of hydrogen-bond donors (Lipinski definition) is 0. The third-order valence-corrected chi connectivity index (χ3v) is 1.65. The largest absolute Gasteiger partial charge is 0.462 e. The first kappa shape index (κ1) is 14.0. The lowest BCUT2D eigenvalue weighted by Crippen LogP contribution is -2.07. The van der Waals surface area contributed by atoms with Gasteiger partial charge in [-0.2, -0.15) is 0 Å². The third kappa shape index (κ3) is 5.67. The molecule has 86 valence electrons. The summed E-state index contributed by atoms with van der Waals surface area (Å²) in [6.45, 7) is 8.58. The van der Waals surface area contributed by atoms with Crippen LogP contribution in [0.3, 0.4) is 0 Å². The smallest absolute Gasteiger partial charge is 0.333 e. The van der Waals surface area contributed by atoms with Crippen LogP contribution < -0.4 is 0 Å². The predicted molar refractivity (Wildman–Crippen MR) is 57.3 cm³/mol. The number of carbonyl (C=O) groups is 2. The molecule has 0 spiro atoms. The van der Waals surface area contributed by atoms with Crippen LogP contribution in [0.5, 0.6) is 0 Å². The molecule has 1 amide bonds. The Morgan fingerprint density at radius 1 is 1.38 bits per heavy atom. The number of amides is 1. The maximum absolute atomic E-state index is 10.9. The lowest BCUT2D eigenvalue weighted by atomic mass is 10.1. The van der Waals surface area contributed by atoms with Gasteiger partial charge in [0.25, 0.3) is 5.91 Å². The zero-order chi connectivity index (χ0) is 12.6. The molecule has 0 aliphatic heterocycles. The maximum Gasteiger partial charge on any atom is 0.333 e. The fraction of sp³-hybridized carbons (Fsp3) is 0.364. The van der Waals surface area contributed by atoms with Crippen LogP contribution in [0.2, 0.25) is 0 Å². The molecule has 5 heteroatoms. The molecule has 0 fully saturated rings. The Bertz CT molecular complexity index is 364. The Balaban J connectivity index is 3.79. The number of hydrogen-bond acceptors (Lipinski definition) is 4. The maximum atomic E-state index is 10.9. The number of esters is 1. The standard InChI is InChI=1S/C11H13NO4/c1-8(2)11(15)16-6-4-5-9(3)10(14)12-7-13/h1,3-6H2,2H3. The second-order valence-corrected chi connectivity index (χ2v) is 3.13. The Labute approximate surface area is 93.5 Å². The van der Waals surface area contributed by atoms with Crippen molar-refractivity contribution in [2.75, 3.05) is 6.61 Å². The van der Waals surface area contributed by atoms with Crippen molar-refractivity contribution in [1.29, 1.82) is 0 Å². The van der Waals surface area contributed by atoms with Crippen molar-refractivity contribution in [2.45, 2.75) is 19.8 Å². The van der Waals surface area contributed by atoms with Gasteiger partial charge in [-0.1, -0.05) is 13.2 Å². The van der Waals surface area contributed by atoms with E-state index in [1.807, 2.05) is 0 Å². The van der Waals surface area contributed by atoms with Gasteiger partial charge in [-0.25, -0.2) is 9.59 Å². The predicted octanol–water partition coefficient (Wildman–Crippen LogP) is 1.30. The molecular formula is C11H13NO4. The van der Waals surface area contributed by atoms with E-state index in [-0.39, 0.29) is 12.2 Å². The summed E-state index contributed by atoms with van der Waals surface area (Å²) in [4.78, 5) is 34.6. The molecule has 0 atom stereocenters. The number of isocyanates is 1. The summed E-state index contributed by atoms with van der Waals surface area (Å²) < 4.78 is 4.79. The summed E-state index contributed by atoms with van der Waals surface area (Å²) >= 11 is 0. The molecule has 0 saturated heterocycles. The number of nitrogens with zero attached hydrogens (tertiary/aromatic N) is 1. The van der Waals surface area contributed by atoms with Crippen molar-refractivity contribution in [3.63, 3.8) is 0 Å². The second-order valence-electron chi connectivity index (χ2n) is 3.13. The first-order valence-electron chi connectivity index (χ1n) is 4.61. The van der Waals surface area contributed by atoms with Crippen molar-refractivity contribution >= 4 is 18.0 Å². The van der Waals surface area contributed by atoms with Crippen LogP contribution in [0.25, 0.3) is 0 Å². The minimum absolute atomic E-state index is 0.169. The zero-order valence-electron chi connectivity index (χ0n) is 9.12. The Morgan fingerprint density at radius 2 is 2.00 bits per heavy atom. The number of rotatable bonds is 6. The first-order chi connectivity index (χ1) is 7.49. The van der Waals surface area contributed by atoms with Crippen molar-refractivity contribution in [3.05, 3.63) is 24.3 Å². The highest BCUT2D eigenvalue weighted by molar-refractivity contribution is 5.96. The molecule has 0 aromatic carbocycles. The summed E-state index contributed by atoms with van der Waals surface area (Å²) in [7, 11) is 0. The van der Waals surface area contributed by atoms with Crippen molar-refractivity contribution < 1.29 is 19.1 Å². The van der Waals surface area contributed by atoms with Gasteiger partial charge in [0.15, 0.2) is 0 Å². The van der Waals surface area contributed by atoms with E-state index in [9.17, 15) is 14.4 Å². The molecule has 0 aromatic rings. The summed E-state index contributed by atoms with van der Waals surface area (Å²) in [5.74, 6) is -1.16. The summed E-state index contributed by atoms with van der Waals surface area (Å²) in [5.41, 5.74) is 0.509. The molecule has 0 aliphatic rings. The molecule has 16 heavy (non-hydrogen) atoms. The van der Waals surface area contributed by atoms with E-state index < -0.39 is 11.9 Å². The Morgan fingerprint density at radius 3 is 2.50 bits per heavy atom. The molecule has 0 saturated carbocycles. The van der Waals surface area contributed by atoms with E-state index >= 15 is 0 Å². The van der Waals surface area contributed by atoms with E-state index in [0.717, 1.165) is 6.08 Å². The third-order valence-electron chi connectivity index (χ3n) is 1.65. The minimum atomic E-state index is -0.693. The lowest BCUT2D eigenvalue weighted by Gasteiger charge is -2.03. The van der Waals surface area contributed by atoms with Crippen LogP contribution in [-0.4, -0.2) is 24.6 Å². The van der Waals surface area contributed by atoms with E-state index in [1.54, 1.807) is 6.92 Å². The van der Waals surface area contributed by atoms with Crippen LogP contribution in [0.1, 0.15) is 19.8 Å². The van der Waals surface area contributed by atoms with Gasteiger partial charge in [-0.15, -0.1) is 4.99 Å². The van der Waals surface area contributed by atoms with Gasteiger partial charge in [0.05, 0.1) is 6.61 Å². The minimum Gasteiger partial charge on any atom is -0.462 e. The molecule has 0 unspecified atom stereocenters. The van der Waals surface area contributed by atoms with Crippen molar-refractivity contribution in [2.24, 2.45) is 4.99 Å². The Kier molecular flexibility index (Phi) is 6.40. The zero-order valence-corrected chi connectivity index (χ0v) is 9.12. The monoisotopic (exact) mass is 223 g/mol. The number of ether oxygens (including phenoxy) is 1. The number of aliphatic imine (C=N–C) groups is 1.